The number of aryl methyl sites for hydroxylation is 1. The van der Waals surface area contributed by atoms with Gasteiger partial charge in [0.05, 0.1) is 26.2 Å². The van der Waals surface area contributed by atoms with Crippen LogP contribution in [-0.2, 0) is 26.2 Å². The van der Waals surface area contributed by atoms with Crippen LogP contribution >= 0.6 is 0 Å². The van der Waals surface area contributed by atoms with Crippen LogP contribution in [0.2, 0.25) is 0 Å². The predicted octanol–water partition coefficient (Wildman–Crippen LogP) is 3.11. The second kappa shape index (κ2) is 12.6. The van der Waals surface area contributed by atoms with Crippen molar-refractivity contribution < 1.29 is 27.5 Å². The Morgan fingerprint density at radius 1 is 1.03 bits per heavy atom. The van der Waals surface area contributed by atoms with Gasteiger partial charge in [0.15, 0.2) is 0 Å². The molecule has 2 aromatic rings. The van der Waals surface area contributed by atoms with E-state index in [1.54, 1.807) is 12.1 Å². The number of hydrogen-bond acceptors (Lipinski definition) is 6. The minimum Gasteiger partial charge on any atom is -0.497 e. The van der Waals surface area contributed by atoms with Crippen molar-refractivity contribution in [2.75, 3.05) is 31.3 Å². The SMILES string of the molecule is CCC(C(=O)NC(C)C)N(Cc1ccc(C)cc1)C(=O)CN(c1cc(OC)ccc1OC)S(C)(=O)=O. The highest BCUT2D eigenvalue weighted by Crippen LogP contribution is 2.34. The number of anilines is 1. The number of rotatable bonds is 12. The lowest BCUT2D eigenvalue weighted by molar-refractivity contribution is -0.140. The van der Waals surface area contributed by atoms with Gasteiger partial charge in [-0.15, -0.1) is 0 Å². The average molecular weight is 520 g/mol. The third-order valence-corrected chi connectivity index (χ3v) is 6.75. The van der Waals surface area contributed by atoms with E-state index in [1.807, 2.05) is 52.0 Å². The van der Waals surface area contributed by atoms with Gasteiger partial charge in [-0.2, -0.15) is 0 Å². The zero-order valence-electron chi connectivity index (χ0n) is 22.1. The monoisotopic (exact) mass is 519 g/mol. The van der Waals surface area contributed by atoms with Crippen molar-refractivity contribution in [1.29, 1.82) is 0 Å². The highest BCUT2D eigenvalue weighted by molar-refractivity contribution is 7.92. The standard InChI is InChI=1S/C26H37N3O6S/c1-8-22(26(31)27-18(2)3)28(16-20-11-9-19(4)10-12-20)25(30)17-29(36(7,32)33)23-15-21(34-5)13-14-24(23)35-6/h9-15,18,22H,8,16-17H2,1-7H3,(H,27,31). The van der Waals surface area contributed by atoms with Gasteiger partial charge in [-0.3, -0.25) is 13.9 Å². The first kappa shape index (κ1) is 29.0. The minimum absolute atomic E-state index is 0.114. The maximum Gasteiger partial charge on any atom is 0.244 e. The molecular weight excluding hydrogens is 482 g/mol. The molecule has 0 bridgehead atoms. The molecule has 0 fully saturated rings. The lowest BCUT2D eigenvalue weighted by atomic mass is 10.1. The van der Waals surface area contributed by atoms with Gasteiger partial charge in [0.2, 0.25) is 21.8 Å². The quantitative estimate of drug-likeness (QED) is 0.462. The number of hydrogen-bond donors (Lipinski definition) is 1. The fourth-order valence-electron chi connectivity index (χ4n) is 3.78. The second-order valence-corrected chi connectivity index (χ2v) is 10.8. The molecule has 9 nitrogen and oxygen atoms in total. The van der Waals surface area contributed by atoms with E-state index < -0.39 is 28.5 Å². The number of ether oxygens (including phenoxy) is 2. The third kappa shape index (κ3) is 7.61. The summed E-state index contributed by atoms with van der Waals surface area (Å²) in [6.45, 7) is 7.10. The fourth-order valence-corrected chi connectivity index (χ4v) is 4.62. The first-order chi connectivity index (χ1) is 16.9. The van der Waals surface area contributed by atoms with Gasteiger partial charge in [0.1, 0.15) is 24.1 Å². The molecule has 0 aliphatic heterocycles. The van der Waals surface area contributed by atoms with E-state index >= 15 is 0 Å². The number of amides is 2. The Labute approximate surface area is 214 Å². The van der Waals surface area contributed by atoms with Crippen molar-refractivity contribution >= 4 is 27.5 Å². The van der Waals surface area contributed by atoms with E-state index in [2.05, 4.69) is 5.32 Å². The van der Waals surface area contributed by atoms with E-state index in [-0.39, 0.29) is 29.9 Å². The molecular formula is C26H37N3O6S. The number of nitrogens with zero attached hydrogens (tertiary/aromatic N) is 2. The maximum atomic E-state index is 13.8. The van der Waals surface area contributed by atoms with Crippen molar-refractivity contribution in [3.63, 3.8) is 0 Å². The van der Waals surface area contributed by atoms with Gasteiger partial charge in [0, 0.05) is 18.7 Å². The van der Waals surface area contributed by atoms with Crippen molar-refractivity contribution in [3.8, 4) is 11.5 Å². The Balaban J connectivity index is 2.52. The summed E-state index contributed by atoms with van der Waals surface area (Å²) in [5.74, 6) is -0.135. The highest BCUT2D eigenvalue weighted by atomic mass is 32.2. The van der Waals surface area contributed by atoms with Gasteiger partial charge < -0.3 is 19.7 Å². The van der Waals surface area contributed by atoms with Gasteiger partial charge in [-0.1, -0.05) is 36.8 Å². The molecule has 0 aromatic heterocycles. The first-order valence-electron chi connectivity index (χ1n) is 11.8. The van der Waals surface area contributed by atoms with Gasteiger partial charge in [0.25, 0.3) is 0 Å². The van der Waals surface area contributed by atoms with Crippen LogP contribution in [0.5, 0.6) is 11.5 Å². The van der Waals surface area contributed by atoms with E-state index in [1.165, 1.54) is 25.2 Å². The summed E-state index contributed by atoms with van der Waals surface area (Å²) in [5.41, 5.74) is 2.06. The molecule has 0 saturated heterocycles. The molecule has 1 unspecified atom stereocenters. The summed E-state index contributed by atoms with van der Waals surface area (Å²) in [6, 6.07) is 11.5. The third-order valence-electron chi connectivity index (χ3n) is 5.62. The number of carbonyl (C=O) groups is 2. The average Bonchev–Trinajstić information content (AvgIpc) is 2.81. The Bertz CT molecular complexity index is 1150. The molecule has 1 atom stereocenters. The van der Waals surface area contributed by atoms with Crippen molar-refractivity contribution in [2.45, 2.75) is 52.7 Å². The van der Waals surface area contributed by atoms with Crippen molar-refractivity contribution in [2.24, 2.45) is 0 Å². The molecule has 0 spiro atoms. The van der Waals surface area contributed by atoms with Crippen molar-refractivity contribution in [1.82, 2.24) is 10.2 Å². The molecule has 2 aromatic carbocycles. The molecule has 0 aliphatic carbocycles. The Morgan fingerprint density at radius 3 is 2.17 bits per heavy atom. The van der Waals surface area contributed by atoms with E-state index in [0.29, 0.717) is 12.2 Å². The van der Waals surface area contributed by atoms with E-state index in [0.717, 1.165) is 21.7 Å². The summed E-state index contributed by atoms with van der Waals surface area (Å²) in [6.07, 6.45) is 1.38. The smallest absolute Gasteiger partial charge is 0.244 e. The van der Waals surface area contributed by atoms with Crippen LogP contribution in [0, 0.1) is 6.92 Å². The molecule has 2 amide bonds. The summed E-state index contributed by atoms with van der Waals surface area (Å²) < 4.78 is 37.3. The Kier molecular flexibility index (Phi) is 10.2. The van der Waals surface area contributed by atoms with Crippen LogP contribution in [-0.4, -0.2) is 64.2 Å². The van der Waals surface area contributed by atoms with Crippen molar-refractivity contribution in [3.05, 3.63) is 53.6 Å². The lowest BCUT2D eigenvalue weighted by Gasteiger charge is -2.33. The van der Waals surface area contributed by atoms with Crippen LogP contribution in [0.4, 0.5) is 5.69 Å². The first-order valence-corrected chi connectivity index (χ1v) is 13.6. The predicted molar refractivity (Wildman–Crippen MR) is 141 cm³/mol. The van der Waals surface area contributed by atoms with Crippen LogP contribution in [0.1, 0.15) is 38.3 Å². The molecule has 1 N–H and O–H groups in total. The molecule has 10 heteroatoms. The number of methoxy groups -OCH3 is 2. The zero-order chi connectivity index (χ0) is 27.0. The second-order valence-electron chi connectivity index (χ2n) is 8.90. The number of sulfonamides is 1. The molecule has 2 rings (SSSR count). The van der Waals surface area contributed by atoms with Gasteiger partial charge in [-0.05, 0) is 44.9 Å². The van der Waals surface area contributed by atoms with Crippen LogP contribution < -0.4 is 19.1 Å². The molecule has 36 heavy (non-hydrogen) atoms. The fraction of sp³-hybridized carbons (Fsp3) is 0.462. The Hall–Kier alpha value is -3.27. The largest absolute Gasteiger partial charge is 0.497 e. The summed E-state index contributed by atoms with van der Waals surface area (Å²) in [5, 5.41) is 2.87. The van der Waals surface area contributed by atoms with Crippen LogP contribution in [0.25, 0.3) is 0 Å². The van der Waals surface area contributed by atoms with E-state index in [4.69, 9.17) is 9.47 Å². The van der Waals surface area contributed by atoms with E-state index in [9.17, 15) is 18.0 Å². The summed E-state index contributed by atoms with van der Waals surface area (Å²) in [4.78, 5) is 28.2. The van der Waals surface area contributed by atoms with Crippen LogP contribution in [0.3, 0.4) is 0 Å². The minimum atomic E-state index is -3.90. The number of carbonyl (C=O) groups excluding carboxylic acids is 2. The molecule has 0 heterocycles. The lowest BCUT2D eigenvalue weighted by Crippen LogP contribution is -2.53. The topological polar surface area (TPSA) is 105 Å². The summed E-state index contributed by atoms with van der Waals surface area (Å²) in [7, 11) is -1.02. The molecule has 0 saturated carbocycles. The zero-order valence-corrected chi connectivity index (χ0v) is 22.9. The Morgan fingerprint density at radius 2 is 1.67 bits per heavy atom. The van der Waals surface area contributed by atoms with Gasteiger partial charge in [-0.25, -0.2) is 8.42 Å². The van der Waals surface area contributed by atoms with Crippen LogP contribution in [0.15, 0.2) is 42.5 Å². The van der Waals surface area contributed by atoms with Gasteiger partial charge >= 0.3 is 0 Å². The maximum absolute atomic E-state index is 13.8. The molecule has 0 radical (unpaired) electrons. The molecule has 0 aliphatic rings. The highest BCUT2D eigenvalue weighted by Gasteiger charge is 2.33. The number of nitrogens with one attached hydrogen (secondary N) is 1. The normalized spacial score (nSPS) is 12.1. The molecule has 198 valence electrons. The number of benzene rings is 2. The summed E-state index contributed by atoms with van der Waals surface area (Å²) >= 11 is 0.